The molecule has 5 nitrogen and oxygen atoms in total. The molecule has 1 aromatic heterocycles. The number of hydrogen-bond donors (Lipinski definition) is 1. The van der Waals surface area contributed by atoms with E-state index in [1.54, 1.807) is 13.2 Å². The molecular weight excluding hydrogens is 274 g/mol. The largest absolute Gasteiger partial charge is 0.280 e. The molecular formula is C14H23N3O2S. The summed E-state index contributed by atoms with van der Waals surface area (Å²) in [7, 11) is -1.79. The molecule has 1 aromatic rings. The Bertz CT molecular complexity index is 512. The highest BCUT2D eigenvalue weighted by atomic mass is 32.2. The minimum Gasteiger partial charge on any atom is -0.260 e. The van der Waals surface area contributed by atoms with Gasteiger partial charge in [-0.25, -0.2) is 0 Å². The summed E-state index contributed by atoms with van der Waals surface area (Å²) in [4.78, 5) is 4.19. The van der Waals surface area contributed by atoms with E-state index in [2.05, 4.69) is 9.71 Å². The van der Waals surface area contributed by atoms with E-state index >= 15 is 0 Å². The Labute approximate surface area is 121 Å². The van der Waals surface area contributed by atoms with Crippen LogP contribution in [0.3, 0.4) is 0 Å². The van der Waals surface area contributed by atoms with Gasteiger partial charge in [-0.15, -0.1) is 0 Å². The minimum atomic E-state index is -3.46. The monoisotopic (exact) mass is 297 g/mol. The lowest BCUT2D eigenvalue weighted by atomic mass is 9.96. The van der Waals surface area contributed by atoms with E-state index in [1.165, 1.54) is 10.7 Å². The quantitative estimate of drug-likeness (QED) is 0.906. The van der Waals surface area contributed by atoms with Crippen molar-refractivity contribution < 1.29 is 8.42 Å². The second kappa shape index (κ2) is 6.65. The van der Waals surface area contributed by atoms with Crippen LogP contribution in [0.15, 0.2) is 24.4 Å². The maximum absolute atomic E-state index is 12.4. The molecule has 1 fully saturated rings. The molecule has 20 heavy (non-hydrogen) atoms. The van der Waals surface area contributed by atoms with Crippen molar-refractivity contribution in [2.24, 2.45) is 0 Å². The Morgan fingerprint density at radius 1 is 1.30 bits per heavy atom. The molecule has 1 heterocycles. The molecule has 6 heteroatoms. The third-order valence-electron chi connectivity index (χ3n) is 3.93. The van der Waals surface area contributed by atoms with Crippen LogP contribution in [0, 0.1) is 0 Å². The van der Waals surface area contributed by atoms with Crippen molar-refractivity contribution in [2.45, 2.75) is 51.1 Å². The summed E-state index contributed by atoms with van der Waals surface area (Å²) >= 11 is 0. The smallest absolute Gasteiger partial charge is 0.260 e. The van der Waals surface area contributed by atoms with Gasteiger partial charge in [0.2, 0.25) is 0 Å². The number of pyridine rings is 1. The predicted molar refractivity (Wildman–Crippen MR) is 79.3 cm³/mol. The summed E-state index contributed by atoms with van der Waals surface area (Å²) in [5.74, 6) is 0. The van der Waals surface area contributed by atoms with Gasteiger partial charge in [-0.1, -0.05) is 25.3 Å². The topological polar surface area (TPSA) is 62.3 Å². The van der Waals surface area contributed by atoms with Crippen molar-refractivity contribution in [3.63, 3.8) is 0 Å². The second-order valence-corrected chi connectivity index (χ2v) is 7.17. The first-order chi connectivity index (χ1) is 9.50. The van der Waals surface area contributed by atoms with E-state index in [9.17, 15) is 8.42 Å². The van der Waals surface area contributed by atoms with Gasteiger partial charge in [0, 0.05) is 19.3 Å². The lowest BCUT2D eigenvalue weighted by Crippen LogP contribution is -2.45. The van der Waals surface area contributed by atoms with Gasteiger partial charge in [0.15, 0.2) is 0 Å². The average molecular weight is 297 g/mol. The fraction of sp³-hybridized carbons (Fsp3) is 0.643. The summed E-state index contributed by atoms with van der Waals surface area (Å²) in [6, 6.07) is 5.30. The molecule has 1 aliphatic rings. The maximum atomic E-state index is 12.4. The first-order valence-electron chi connectivity index (χ1n) is 7.17. The number of nitrogens with one attached hydrogen (secondary N) is 1. The van der Waals surface area contributed by atoms with Crippen molar-refractivity contribution in [3.05, 3.63) is 30.1 Å². The number of hydrogen-bond acceptors (Lipinski definition) is 3. The number of aromatic nitrogens is 1. The summed E-state index contributed by atoms with van der Waals surface area (Å²) in [5.41, 5.74) is 0.730. The van der Waals surface area contributed by atoms with Crippen molar-refractivity contribution in [3.8, 4) is 0 Å². The zero-order valence-corrected chi connectivity index (χ0v) is 12.9. The second-order valence-electron chi connectivity index (χ2n) is 5.41. The molecule has 1 atom stereocenters. The van der Waals surface area contributed by atoms with Gasteiger partial charge in [0.25, 0.3) is 10.2 Å². The zero-order chi connectivity index (χ0) is 14.6. The van der Waals surface area contributed by atoms with Crippen LogP contribution in [0.2, 0.25) is 0 Å². The normalized spacial score (nSPS) is 19.1. The molecule has 0 amide bonds. The van der Waals surface area contributed by atoms with Crippen LogP contribution >= 0.6 is 0 Å². The molecule has 0 bridgehead atoms. The van der Waals surface area contributed by atoms with Crippen molar-refractivity contribution in [1.29, 1.82) is 0 Å². The molecule has 112 valence electrons. The van der Waals surface area contributed by atoms with E-state index in [0.29, 0.717) is 0 Å². The van der Waals surface area contributed by atoms with Gasteiger partial charge < -0.3 is 0 Å². The molecule has 0 saturated heterocycles. The molecule has 1 saturated carbocycles. The zero-order valence-electron chi connectivity index (χ0n) is 12.1. The highest BCUT2D eigenvalue weighted by Crippen LogP contribution is 2.23. The Balaban J connectivity index is 2.02. The molecule has 0 aliphatic heterocycles. The summed E-state index contributed by atoms with van der Waals surface area (Å²) in [5, 5.41) is 0. The average Bonchev–Trinajstić information content (AvgIpc) is 2.48. The summed E-state index contributed by atoms with van der Waals surface area (Å²) < 4.78 is 29.0. The van der Waals surface area contributed by atoms with Gasteiger partial charge in [-0.3, -0.25) is 4.98 Å². The van der Waals surface area contributed by atoms with Crippen molar-refractivity contribution in [1.82, 2.24) is 14.0 Å². The third-order valence-corrected chi connectivity index (χ3v) is 5.63. The first-order valence-corrected chi connectivity index (χ1v) is 8.61. The van der Waals surface area contributed by atoms with Crippen LogP contribution in [0.1, 0.15) is 50.8 Å². The fourth-order valence-corrected chi connectivity index (χ4v) is 3.98. The van der Waals surface area contributed by atoms with Gasteiger partial charge in [0.1, 0.15) is 0 Å². The Morgan fingerprint density at radius 3 is 2.60 bits per heavy atom. The van der Waals surface area contributed by atoms with Crippen LogP contribution in [-0.2, 0) is 10.2 Å². The number of nitrogens with zero attached hydrogens (tertiary/aromatic N) is 2. The fourth-order valence-electron chi connectivity index (χ4n) is 2.64. The molecule has 0 aromatic carbocycles. The van der Waals surface area contributed by atoms with Crippen LogP contribution in [0.25, 0.3) is 0 Å². The lowest BCUT2D eigenvalue weighted by Gasteiger charge is -2.31. The van der Waals surface area contributed by atoms with Crippen LogP contribution in [-0.4, -0.2) is 30.8 Å². The lowest BCUT2D eigenvalue weighted by molar-refractivity contribution is 0.281. The van der Waals surface area contributed by atoms with E-state index in [1.807, 2.05) is 25.1 Å². The summed E-state index contributed by atoms with van der Waals surface area (Å²) in [6.45, 7) is 1.81. The van der Waals surface area contributed by atoms with Crippen LogP contribution in [0.4, 0.5) is 0 Å². The standard InChI is InChI=1S/C14H23N3O2S/c1-12(14-10-6-7-11-15-14)16-20(18,19)17(2)13-8-4-3-5-9-13/h6-7,10-13,16H,3-5,8-9H2,1-2H3/t12-/m0/s1. The summed E-state index contributed by atoms with van der Waals surface area (Å²) in [6.07, 6.45) is 7.01. The molecule has 0 radical (unpaired) electrons. The highest BCUT2D eigenvalue weighted by Gasteiger charge is 2.28. The molecule has 1 N–H and O–H groups in total. The van der Waals surface area contributed by atoms with E-state index in [-0.39, 0.29) is 12.1 Å². The van der Waals surface area contributed by atoms with Gasteiger partial charge in [0.05, 0.1) is 11.7 Å². The molecule has 1 aliphatic carbocycles. The maximum Gasteiger partial charge on any atom is 0.280 e. The molecule has 2 rings (SSSR count). The molecule has 0 unspecified atom stereocenters. The minimum absolute atomic E-state index is 0.122. The van der Waals surface area contributed by atoms with E-state index in [4.69, 9.17) is 0 Å². The van der Waals surface area contributed by atoms with Gasteiger partial charge in [-0.2, -0.15) is 17.4 Å². The Morgan fingerprint density at radius 2 is 2.00 bits per heavy atom. The van der Waals surface area contributed by atoms with Gasteiger partial charge >= 0.3 is 0 Å². The third kappa shape index (κ3) is 3.77. The van der Waals surface area contributed by atoms with Gasteiger partial charge in [-0.05, 0) is 31.9 Å². The SMILES string of the molecule is C[C@H](NS(=O)(=O)N(C)C1CCCCC1)c1ccccn1. The van der Waals surface area contributed by atoms with E-state index in [0.717, 1.165) is 31.4 Å². The molecule has 0 spiro atoms. The van der Waals surface area contributed by atoms with E-state index < -0.39 is 10.2 Å². The van der Waals surface area contributed by atoms with Crippen LogP contribution in [0.5, 0.6) is 0 Å². The predicted octanol–water partition coefficient (Wildman–Crippen LogP) is 2.24. The Hall–Kier alpha value is -0.980. The van der Waals surface area contributed by atoms with Crippen LogP contribution < -0.4 is 4.72 Å². The van der Waals surface area contributed by atoms with Crippen molar-refractivity contribution in [2.75, 3.05) is 7.05 Å². The Kier molecular flexibility index (Phi) is 5.12. The van der Waals surface area contributed by atoms with Crippen molar-refractivity contribution >= 4 is 10.2 Å². The first kappa shape index (κ1) is 15.4. The highest BCUT2D eigenvalue weighted by molar-refractivity contribution is 7.87. The number of rotatable bonds is 5.